The van der Waals surface area contributed by atoms with Crippen LogP contribution in [0.5, 0.6) is 0 Å². The normalized spacial score (nSPS) is 16.8. The zero-order valence-electron chi connectivity index (χ0n) is 12.7. The van der Waals surface area contributed by atoms with Gasteiger partial charge < -0.3 is 4.74 Å². The molecule has 0 aliphatic carbocycles. The van der Waals surface area contributed by atoms with Gasteiger partial charge in [0.1, 0.15) is 6.04 Å². The molecular formula is C15H17NO4. The summed E-state index contributed by atoms with van der Waals surface area (Å²) in [6.45, 7) is 3.22. The van der Waals surface area contributed by atoms with Gasteiger partial charge >= 0.3 is 5.97 Å². The number of imide groups is 1. The van der Waals surface area contributed by atoms with Crippen molar-refractivity contribution in [2.75, 3.05) is 7.11 Å². The highest BCUT2D eigenvalue weighted by Gasteiger charge is 2.43. The lowest BCUT2D eigenvalue weighted by Crippen LogP contribution is -2.46. The van der Waals surface area contributed by atoms with Crippen LogP contribution >= 0.6 is 0 Å². The number of benzene rings is 1. The first kappa shape index (κ1) is 12.8. The molecule has 0 spiro atoms. The van der Waals surface area contributed by atoms with Crippen LogP contribution in [0, 0.1) is 5.89 Å². The van der Waals surface area contributed by atoms with Crippen molar-refractivity contribution in [2.24, 2.45) is 5.89 Å². The van der Waals surface area contributed by atoms with Gasteiger partial charge in [-0.1, -0.05) is 26.0 Å². The molecule has 1 aromatic carbocycles. The minimum absolute atomic E-state index is 0.0190. The molecule has 0 N–H and O–H groups in total. The summed E-state index contributed by atoms with van der Waals surface area (Å²) in [5.41, 5.74) is 0.554. The Kier molecular flexibility index (Phi) is 3.50. The molecule has 20 heavy (non-hydrogen) atoms. The van der Waals surface area contributed by atoms with Crippen LogP contribution in [-0.4, -0.2) is 35.8 Å². The second-order valence-corrected chi connectivity index (χ2v) is 4.98. The van der Waals surface area contributed by atoms with Crippen molar-refractivity contribution in [3.05, 3.63) is 35.4 Å². The summed E-state index contributed by atoms with van der Waals surface area (Å²) in [7, 11) is 1.20. The fourth-order valence-electron chi connectivity index (χ4n) is 2.29. The van der Waals surface area contributed by atoms with Gasteiger partial charge in [0, 0.05) is 1.37 Å². The Hall–Kier alpha value is -2.17. The summed E-state index contributed by atoms with van der Waals surface area (Å²) in [5, 5.41) is 0. The molecule has 0 bridgehead atoms. The number of ether oxygens (including phenoxy) is 1. The quantitative estimate of drug-likeness (QED) is 0.622. The molecule has 0 radical (unpaired) electrons. The van der Waals surface area contributed by atoms with E-state index in [1.54, 1.807) is 38.1 Å². The zero-order valence-corrected chi connectivity index (χ0v) is 11.7. The lowest BCUT2D eigenvalue weighted by Gasteiger charge is -2.25. The highest BCUT2D eigenvalue weighted by atomic mass is 16.5. The molecule has 1 aliphatic heterocycles. The number of methoxy groups -OCH3 is 1. The molecule has 5 heteroatoms. The van der Waals surface area contributed by atoms with E-state index >= 15 is 0 Å². The van der Waals surface area contributed by atoms with Crippen LogP contribution < -0.4 is 0 Å². The maximum Gasteiger partial charge on any atom is 0.329 e. The summed E-state index contributed by atoms with van der Waals surface area (Å²) in [6, 6.07) is 5.34. The van der Waals surface area contributed by atoms with Crippen molar-refractivity contribution >= 4 is 17.8 Å². The van der Waals surface area contributed by atoms with Crippen molar-refractivity contribution in [2.45, 2.75) is 26.3 Å². The summed E-state index contributed by atoms with van der Waals surface area (Å²) in [4.78, 5) is 37.7. The third-order valence-electron chi connectivity index (χ3n) is 3.21. The molecule has 0 aromatic heterocycles. The van der Waals surface area contributed by atoms with Crippen LogP contribution in [0.3, 0.4) is 0 Å². The first-order valence-electron chi connectivity index (χ1n) is 6.81. The van der Waals surface area contributed by atoms with E-state index < -0.39 is 29.7 Å². The number of hydrogen-bond acceptors (Lipinski definition) is 4. The van der Waals surface area contributed by atoms with Crippen molar-refractivity contribution in [3.8, 4) is 0 Å². The minimum Gasteiger partial charge on any atom is -0.467 e. The number of rotatable bonds is 4. The molecule has 1 aromatic rings. The SMILES string of the molecule is [2H]C(C)(C)CC(C(=O)OC)N1C(=O)c2ccccc2C1=O. The Labute approximate surface area is 118 Å². The maximum atomic E-state index is 12.4. The number of amides is 2. The van der Waals surface area contributed by atoms with Crippen molar-refractivity contribution in [1.82, 2.24) is 4.90 Å². The minimum atomic E-state index is -1.09. The van der Waals surface area contributed by atoms with E-state index in [4.69, 9.17) is 6.11 Å². The molecular weight excluding hydrogens is 258 g/mol. The van der Waals surface area contributed by atoms with Crippen molar-refractivity contribution < 1.29 is 20.5 Å². The van der Waals surface area contributed by atoms with Crippen LogP contribution in [0.15, 0.2) is 24.3 Å². The molecule has 5 nitrogen and oxygen atoms in total. The van der Waals surface area contributed by atoms with Gasteiger partial charge in [-0.25, -0.2) is 4.79 Å². The number of carbonyl (C=O) groups is 3. The summed E-state index contributed by atoms with van der Waals surface area (Å²) in [6.07, 6.45) is 0.0190. The van der Waals surface area contributed by atoms with Gasteiger partial charge in [-0.2, -0.15) is 0 Å². The van der Waals surface area contributed by atoms with E-state index in [0.29, 0.717) is 0 Å². The van der Waals surface area contributed by atoms with Gasteiger partial charge in [0.05, 0.1) is 18.2 Å². The van der Waals surface area contributed by atoms with E-state index in [0.717, 1.165) is 4.90 Å². The summed E-state index contributed by atoms with van der Waals surface area (Å²) >= 11 is 0. The molecule has 0 saturated carbocycles. The van der Waals surface area contributed by atoms with E-state index in [9.17, 15) is 14.4 Å². The monoisotopic (exact) mass is 276 g/mol. The zero-order chi connectivity index (χ0) is 15.8. The average Bonchev–Trinajstić information content (AvgIpc) is 2.67. The Balaban J connectivity index is 2.41. The molecule has 106 valence electrons. The maximum absolute atomic E-state index is 12.4. The van der Waals surface area contributed by atoms with Gasteiger partial charge in [-0.05, 0) is 24.4 Å². The lowest BCUT2D eigenvalue weighted by atomic mass is 10.0. The van der Waals surface area contributed by atoms with Gasteiger partial charge in [-0.15, -0.1) is 0 Å². The van der Waals surface area contributed by atoms with E-state index in [-0.39, 0.29) is 17.5 Å². The second-order valence-electron chi connectivity index (χ2n) is 4.98. The third-order valence-corrected chi connectivity index (χ3v) is 3.21. The van der Waals surface area contributed by atoms with Crippen molar-refractivity contribution in [1.29, 1.82) is 0 Å². The summed E-state index contributed by atoms with van der Waals surface area (Å²) in [5.74, 6) is -2.70. The fourth-order valence-corrected chi connectivity index (χ4v) is 2.29. The van der Waals surface area contributed by atoms with E-state index in [1.165, 1.54) is 7.11 Å². The first-order chi connectivity index (χ1) is 9.76. The Morgan fingerprint density at radius 1 is 1.25 bits per heavy atom. The first-order valence-corrected chi connectivity index (χ1v) is 6.31. The Morgan fingerprint density at radius 2 is 1.75 bits per heavy atom. The van der Waals surface area contributed by atoms with Gasteiger partial charge in [-0.3, -0.25) is 14.5 Å². The van der Waals surface area contributed by atoms with Gasteiger partial charge in [0.25, 0.3) is 11.8 Å². The van der Waals surface area contributed by atoms with E-state index in [1.807, 2.05) is 0 Å². The van der Waals surface area contributed by atoms with Crippen LogP contribution in [0.25, 0.3) is 0 Å². The summed E-state index contributed by atoms with van der Waals surface area (Å²) < 4.78 is 12.6. The number of fused-ring (bicyclic) bond motifs is 1. The highest BCUT2D eigenvalue weighted by molar-refractivity contribution is 6.22. The van der Waals surface area contributed by atoms with Crippen LogP contribution in [-0.2, 0) is 9.53 Å². The fraction of sp³-hybridized carbons (Fsp3) is 0.400. The standard InChI is InChI=1S/C15H17NO4/c1-9(2)8-12(15(19)20-3)16-13(17)10-6-4-5-7-11(10)14(16)18/h4-7,9,12H,8H2,1-3H3/i9D. The number of nitrogens with zero attached hydrogens (tertiary/aromatic N) is 1. The largest absolute Gasteiger partial charge is 0.467 e. The predicted octanol–water partition coefficient (Wildman–Crippen LogP) is 1.87. The second kappa shape index (κ2) is 5.45. The average molecular weight is 276 g/mol. The van der Waals surface area contributed by atoms with E-state index in [2.05, 4.69) is 0 Å². The topological polar surface area (TPSA) is 63.7 Å². The Morgan fingerprint density at radius 3 is 2.15 bits per heavy atom. The highest BCUT2D eigenvalue weighted by Crippen LogP contribution is 2.27. The number of carbonyl (C=O) groups excluding carboxylic acids is 3. The molecule has 2 rings (SSSR count). The van der Waals surface area contributed by atoms with Crippen LogP contribution in [0.2, 0.25) is 0 Å². The van der Waals surface area contributed by atoms with Gasteiger partial charge in [0.15, 0.2) is 0 Å². The molecule has 1 unspecified atom stereocenters. The molecule has 2 amide bonds. The molecule has 0 fully saturated rings. The molecule has 1 aliphatic rings. The third kappa shape index (κ3) is 2.31. The predicted molar refractivity (Wildman–Crippen MR) is 72.2 cm³/mol. The number of hydrogen-bond donors (Lipinski definition) is 0. The van der Waals surface area contributed by atoms with Gasteiger partial charge in [0.2, 0.25) is 0 Å². The smallest absolute Gasteiger partial charge is 0.329 e. The molecule has 0 saturated heterocycles. The van der Waals surface area contributed by atoms with Crippen LogP contribution in [0.4, 0.5) is 0 Å². The molecule has 1 atom stereocenters. The lowest BCUT2D eigenvalue weighted by molar-refractivity contribution is -0.145. The number of esters is 1. The van der Waals surface area contributed by atoms with Crippen molar-refractivity contribution in [3.63, 3.8) is 0 Å². The van der Waals surface area contributed by atoms with Crippen LogP contribution in [0.1, 0.15) is 42.4 Å². The molecule has 1 heterocycles. The Bertz CT molecular complexity index is 571.